The Balaban J connectivity index is 0.000001000. The molecule has 0 aliphatic heterocycles. The summed E-state index contributed by atoms with van der Waals surface area (Å²) in [5.74, 6) is 0. The second kappa shape index (κ2) is 3.79. The summed E-state index contributed by atoms with van der Waals surface area (Å²) in [5.41, 5.74) is -0.633. The third-order valence-electron chi connectivity index (χ3n) is 1.05. The minimum Gasteiger partial charge on any atom is -0.184 e. The predicted octanol–water partition coefficient (Wildman–Crippen LogP) is 2.50. The molecule has 0 nitrogen and oxygen atoms in total. The number of benzene rings is 1. The van der Waals surface area contributed by atoms with Crippen molar-refractivity contribution in [2.75, 3.05) is 0 Å². The Labute approximate surface area is 72.9 Å². The maximum absolute atomic E-state index is 11.8. The molecule has 0 aromatic heterocycles. The first-order valence-corrected chi connectivity index (χ1v) is 2.64. The van der Waals surface area contributed by atoms with Crippen LogP contribution in [-0.2, 0) is 23.2 Å². The van der Waals surface area contributed by atoms with Gasteiger partial charge in [-0.1, -0.05) is 5.56 Å². The van der Waals surface area contributed by atoms with Crippen LogP contribution >= 0.6 is 0 Å². The largest absolute Gasteiger partial charge is 0.394 e. The summed E-state index contributed by atoms with van der Waals surface area (Å²) in [7, 11) is 0. The average Bonchev–Trinajstić information content (AvgIpc) is 1.88. The molecule has 1 radical (unpaired) electrons. The van der Waals surface area contributed by atoms with Crippen molar-refractivity contribution in [3.63, 3.8) is 0 Å². The third kappa shape index (κ3) is 2.95. The number of alkyl halides is 3. The summed E-state index contributed by atoms with van der Waals surface area (Å²) in [5, 5.41) is 0. The van der Waals surface area contributed by atoms with Crippen molar-refractivity contribution in [2.45, 2.75) is 6.18 Å². The van der Waals surface area contributed by atoms with Crippen LogP contribution in [-0.4, -0.2) is 0 Å². The average molecular weight is 200 g/mol. The van der Waals surface area contributed by atoms with Crippen LogP contribution in [0.25, 0.3) is 0 Å². The van der Waals surface area contributed by atoms with Crippen molar-refractivity contribution < 1.29 is 30.2 Å². The van der Waals surface area contributed by atoms with Crippen LogP contribution in [0.2, 0.25) is 0 Å². The van der Waals surface area contributed by atoms with E-state index in [1.54, 1.807) is 0 Å². The third-order valence-corrected chi connectivity index (χ3v) is 1.05. The van der Waals surface area contributed by atoms with E-state index in [2.05, 4.69) is 6.07 Å². The fraction of sp³-hybridized carbons (Fsp3) is 0.143. The first-order chi connectivity index (χ1) is 4.61. The van der Waals surface area contributed by atoms with Crippen molar-refractivity contribution >= 4 is 0 Å². The van der Waals surface area contributed by atoms with Crippen molar-refractivity contribution in [1.29, 1.82) is 0 Å². The standard InChI is InChI=1S/C7H4F3.Mn/c8-7(9,10)6-4-2-1-3-5-6;/h2-5H;/q-1;. The molecule has 0 heterocycles. The van der Waals surface area contributed by atoms with Crippen LogP contribution in [0.1, 0.15) is 5.56 Å². The van der Waals surface area contributed by atoms with E-state index in [0.29, 0.717) is 0 Å². The predicted molar refractivity (Wildman–Crippen MR) is 30.3 cm³/mol. The van der Waals surface area contributed by atoms with Crippen molar-refractivity contribution in [3.05, 3.63) is 35.9 Å². The summed E-state index contributed by atoms with van der Waals surface area (Å²) < 4.78 is 35.3. The summed E-state index contributed by atoms with van der Waals surface area (Å²) >= 11 is 0. The monoisotopic (exact) mass is 200 g/mol. The Bertz CT molecular complexity index is 205. The van der Waals surface area contributed by atoms with Crippen LogP contribution in [0.4, 0.5) is 13.2 Å². The van der Waals surface area contributed by atoms with Gasteiger partial charge < -0.3 is 0 Å². The minimum atomic E-state index is -4.23. The summed E-state index contributed by atoms with van der Waals surface area (Å²) in [6, 6.07) is 6.95. The molecule has 0 unspecified atom stereocenters. The zero-order chi connectivity index (χ0) is 7.61. The Morgan fingerprint density at radius 3 is 1.82 bits per heavy atom. The molecule has 0 aliphatic rings. The smallest absolute Gasteiger partial charge is 0.184 e. The summed E-state index contributed by atoms with van der Waals surface area (Å²) in [6.45, 7) is 0. The zero-order valence-corrected chi connectivity index (χ0v) is 6.50. The molecule has 0 N–H and O–H groups in total. The normalized spacial score (nSPS) is 10.5. The second-order valence-corrected chi connectivity index (χ2v) is 1.79. The maximum atomic E-state index is 11.8. The maximum Gasteiger partial charge on any atom is 0.394 e. The Morgan fingerprint density at radius 1 is 1.09 bits per heavy atom. The summed E-state index contributed by atoms with van der Waals surface area (Å²) in [6.07, 6.45) is -4.23. The van der Waals surface area contributed by atoms with Gasteiger partial charge in [0.05, 0.1) is 0 Å². The number of halogens is 3. The van der Waals surface area contributed by atoms with E-state index in [0.717, 1.165) is 12.1 Å². The van der Waals surface area contributed by atoms with Gasteiger partial charge >= 0.3 is 6.18 Å². The van der Waals surface area contributed by atoms with Crippen LogP contribution in [0, 0.1) is 6.07 Å². The summed E-state index contributed by atoms with van der Waals surface area (Å²) in [4.78, 5) is 0. The SMILES string of the molecule is FC(F)(F)c1cc[c-]cc1.[Mn]. The molecule has 1 aromatic carbocycles. The molecule has 0 amide bonds. The van der Waals surface area contributed by atoms with Gasteiger partial charge in [0.15, 0.2) is 0 Å². The molecular formula is C7H4F3Mn-. The molecule has 0 bridgehead atoms. The van der Waals surface area contributed by atoms with Crippen LogP contribution in [0.15, 0.2) is 24.3 Å². The molecule has 0 atom stereocenters. The van der Waals surface area contributed by atoms with E-state index in [1.807, 2.05) is 0 Å². The quantitative estimate of drug-likeness (QED) is 0.445. The zero-order valence-electron chi connectivity index (χ0n) is 5.32. The molecule has 1 aromatic rings. The Morgan fingerprint density at radius 2 is 1.55 bits per heavy atom. The molecule has 61 valence electrons. The van der Waals surface area contributed by atoms with Gasteiger partial charge in [0.2, 0.25) is 0 Å². The van der Waals surface area contributed by atoms with E-state index in [9.17, 15) is 13.2 Å². The molecule has 0 spiro atoms. The van der Waals surface area contributed by atoms with Gasteiger partial charge in [-0.05, 0) is 0 Å². The van der Waals surface area contributed by atoms with E-state index < -0.39 is 11.7 Å². The fourth-order valence-corrected chi connectivity index (χ4v) is 0.576. The van der Waals surface area contributed by atoms with E-state index >= 15 is 0 Å². The number of rotatable bonds is 0. The first-order valence-electron chi connectivity index (χ1n) is 2.64. The molecular weight excluding hydrogens is 196 g/mol. The van der Waals surface area contributed by atoms with E-state index in [-0.39, 0.29) is 17.1 Å². The molecule has 0 fully saturated rings. The molecule has 11 heavy (non-hydrogen) atoms. The molecule has 0 saturated carbocycles. The fourth-order valence-electron chi connectivity index (χ4n) is 0.576. The topological polar surface area (TPSA) is 0 Å². The number of hydrogen-bond donors (Lipinski definition) is 0. The van der Waals surface area contributed by atoms with E-state index in [4.69, 9.17) is 0 Å². The molecule has 0 aliphatic carbocycles. The Hall–Kier alpha value is -0.471. The molecule has 4 heteroatoms. The van der Waals surface area contributed by atoms with Crippen molar-refractivity contribution in [1.82, 2.24) is 0 Å². The van der Waals surface area contributed by atoms with Crippen molar-refractivity contribution in [3.8, 4) is 0 Å². The van der Waals surface area contributed by atoms with Gasteiger partial charge in [0, 0.05) is 17.1 Å². The van der Waals surface area contributed by atoms with Crippen LogP contribution < -0.4 is 0 Å². The Kier molecular flexibility index (Phi) is 3.63. The van der Waals surface area contributed by atoms with Gasteiger partial charge in [-0.15, -0.1) is 0 Å². The second-order valence-electron chi connectivity index (χ2n) is 1.79. The van der Waals surface area contributed by atoms with Gasteiger partial charge in [-0.2, -0.15) is 43.5 Å². The van der Waals surface area contributed by atoms with Gasteiger partial charge in [-0.25, -0.2) is 0 Å². The van der Waals surface area contributed by atoms with Gasteiger partial charge in [-0.3, -0.25) is 0 Å². The number of hydrogen-bond acceptors (Lipinski definition) is 0. The first kappa shape index (κ1) is 10.5. The molecule has 0 saturated heterocycles. The van der Waals surface area contributed by atoms with Crippen LogP contribution in [0.3, 0.4) is 0 Å². The minimum absolute atomic E-state index is 0. The van der Waals surface area contributed by atoms with Crippen molar-refractivity contribution in [2.24, 2.45) is 0 Å². The molecule has 1 rings (SSSR count). The van der Waals surface area contributed by atoms with E-state index in [1.165, 1.54) is 12.1 Å². The van der Waals surface area contributed by atoms with Gasteiger partial charge in [0.25, 0.3) is 0 Å². The van der Waals surface area contributed by atoms with Gasteiger partial charge in [0.1, 0.15) is 0 Å². The van der Waals surface area contributed by atoms with Crippen LogP contribution in [0.5, 0.6) is 0 Å².